The highest BCUT2D eigenvalue weighted by Gasteiger charge is 2.31. The molecule has 0 radical (unpaired) electrons. The van der Waals surface area contributed by atoms with Gasteiger partial charge in [0.1, 0.15) is 23.5 Å². The molecule has 1 unspecified atom stereocenters. The first-order valence-corrected chi connectivity index (χ1v) is 12.3. The number of H-pyrrole nitrogens is 1. The summed E-state index contributed by atoms with van der Waals surface area (Å²) < 4.78 is 19.4. The van der Waals surface area contributed by atoms with E-state index in [4.69, 9.17) is 4.74 Å². The minimum Gasteiger partial charge on any atom is -0.496 e. The molecule has 0 bridgehead atoms. The lowest BCUT2D eigenvalue weighted by molar-refractivity contribution is -0.143. The minimum absolute atomic E-state index is 0.258. The van der Waals surface area contributed by atoms with Gasteiger partial charge in [0.05, 0.1) is 18.7 Å². The Balaban J connectivity index is 1.32. The van der Waals surface area contributed by atoms with E-state index in [0.29, 0.717) is 28.7 Å². The number of ether oxygens (including phenoxy) is 1. The number of hydrogen-bond acceptors (Lipinski definition) is 5. The van der Waals surface area contributed by atoms with Gasteiger partial charge in [0.15, 0.2) is 0 Å². The molecule has 2 aromatic heterocycles. The van der Waals surface area contributed by atoms with E-state index in [1.807, 2.05) is 6.92 Å². The fourth-order valence-corrected chi connectivity index (χ4v) is 5.62. The smallest absolute Gasteiger partial charge is 0.306 e. The SMILES string of the molecule is COc1ccc(F)cc1-c1ncnc2[nH]c(C3=CCN(C4CCC(C(C)C(=O)O)CC4)CC3)cc12. The van der Waals surface area contributed by atoms with Crippen LogP contribution in [0.1, 0.15) is 44.7 Å². The van der Waals surface area contributed by atoms with Crippen LogP contribution in [0, 0.1) is 17.7 Å². The van der Waals surface area contributed by atoms with Crippen LogP contribution in [0.25, 0.3) is 27.9 Å². The van der Waals surface area contributed by atoms with Crippen molar-refractivity contribution in [3.05, 3.63) is 48.2 Å². The number of nitrogens with one attached hydrogen (secondary N) is 1. The molecule has 3 aromatic rings. The number of halogens is 1. The molecular weight excluding hydrogens is 447 g/mol. The normalized spacial score (nSPS) is 22.1. The fraction of sp³-hybridized carbons (Fsp3) is 0.444. The van der Waals surface area contributed by atoms with Crippen LogP contribution in [-0.2, 0) is 4.79 Å². The Morgan fingerprint density at radius 2 is 2.03 bits per heavy atom. The van der Waals surface area contributed by atoms with Gasteiger partial charge in [0.25, 0.3) is 0 Å². The van der Waals surface area contributed by atoms with Gasteiger partial charge in [-0.05, 0) is 67.9 Å². The molecule has 5 rings (SSSR count). The van der Waals surface area contributed by atoms with E-state index in [-0.39, 0.29) is 17.7 Å². The standard InChI is InChI=1S/C27H31FN4O3/c1-16(27(33)34)17-3-6-20(7-4-17)32-11-9-18(10-12-32)23-14-22-25(29-15-30-26(22)31-23)21-13-19(28)5-8-24(21)35-2/h5,8-9,13-17,20H,3-4,6-7,10-12H2,1-2H3,(H,33,34)(H,29,30,31). The molecule has 35 heavy (non-hydrogen) atoms. The number of rotatable bonds is 6. The van der Waals surface area contributed by atoms with Crippen LogP contribution in [0.4, 0.5) is 4.39 Å². The van der Waals surface area contributed by atoms with Crippen molar-refractivity contribution in [2.24, 2.45) is 11.8 Å². The first kappa shape index (κ1) is 23.5. The van der Waals surface area contributed by atoms with Gasteiger partial charge in [-0.15, -0.1) is 0 Å². The molecule has 1 aromatic carbocycles. The molecule has 7 nitrogen and oxygen atoms in total. The molecule has 2 N–H and O–H groups in total. The number of methoxy groups -OCH3 is 1. The lowest BCUT2D eigenvalue weighted by Gasteiger charge is -2.39. The number of aromatic amines is 1. The second kappa shape index (κ2) is 9.77. The molecule has 3 heterocycles. The molecule has 0 spiro atoms. The second-order valence-electron chi connectivity index (χ2n) is 9.68. The van der Waals surface area contributed by atoms with E-state index in [1.165, 1.54) is 24.0 Å². The molecule has 1 aliphatic carbocycles. The van der Waals surface area contributed by atoms with Gasteiger partial charge in [0, 0.05) is 35.8 Å². The maximum Gasteiger partial charge on any atom is 0.306 e. The summed E-state index contributed by atoms with van der Waals surface area (Å²) in [6.07, 6.45) is 8.77. The van der Waals surface area contributed by atoms with Crippen LogP contribution in [0.15, 0.2) is 36.7 Å². The Bertz CT molecular complexity index is 1260. The van der Waals surface area contributed by atoms with E-state index in [9.17, 15) is 14.3 Å². The van der Waals surface area contributed by atoms with Crippen molar-refractivity contribution in [1.82, 2.24) is 19.9 Å². The van der Waals surface area contributed by atoms with Gasteiger partial charge in [-0.25, -0.2) is 14.4 Å². The molecule has 8 heteroatoms. The average molecular weight is 479 g/mol. The zero-order valence-electron chi connectivity index (χ0n) is 20.1. The number of benzene rings is 1. The van der Waals surface area contributed by atoms with Crippen LogP contribution in [0.2, 0.25) is 0 Å². The summed E-state index contributed by atoms with van der Waals surface area (Å²) >= 11 is 0. The van der Waals surface area contributed by atoms with Crippen LogP contribution in [-0.4, -0.2) is 57.2 Å². The maximum atomic E-state index is 14.0. The summed E-state index contributed by atoms with van der Waals surface area (Å²) in [5.74, 6) is -0.427. The summed E-state index contributed by atoms with van der Waals surface area (Å²) in [6, 6.07) is 7.00. The van der Waals surface area contributed by atoms with Crippen LogP contribution >= 0.6 is 0 Å². The summed E-state index contributed by atoms with van der Waals surface area (Å²) in [7, 11) is 1.56. The number of carbonyl (C=O) groups is 1. The first-order chi connectivity index (χ1) is 16.9. The monoisotopic (exact) mass is 478 g/mol. The highest BCUT2D eigenvalue weighted by Crippen LogP contribution is 2.37. The number of carboxylic acid groups (broad SMARTS) is 1. The average Bonchev–Trinajstić information content (AvgIpc) is 3.33. The Morgan fingerprint density at radius 1 is 1.23 bits per heavy atom. The zero-order valence-corrected chi connectivity index (χ0v) is 20.1. The predicted octanol–water partition coefficient (Wildman–Crippen LogP) is 5.14. The number of hydrogen-bond donors (Lipinski definition) is 2. The van der Waals surface area contributed by atoms with Gasteiger partial charge in [-0.2, -0.15) is 0 Å². The fourth-order valence-electron chi connectivity index (χ4n) is 5.62. The molecule has 1 atom stereocenters. The van der Waals surface area contributed by atoms with Crippen LogP contribution in [0.5, 0.6) is 5.75 Å². The highest BCUT2D eigenvalue weighted by molar-refractivity contribution is 5.94. The minimum atomic E-state index is -0.680. The zero-order chi connectivity index (χ0) is 24.5. The molecule has 184 valence electrons. The van der Waals surface area contributed by atoms with Gasteiger partial charge < -0.3 is 14.8 Å². The third kappa shape index (κ3) is 4.67. The molecular formula is C27H31FN4O3. The summed E-state index contributed by atoms with van der Waals surface area (Å²) in [5, 5.41) is 10.1. The lowest BCUT2D eigenvalue weighted by atomic mass is 9.78. The summed E-state index contributed by atoms with van der Waals surface area (Å²) in [4.78, 5) is 26.1. The van der Waals surface area contributed by atoms with Crippen molar-refractivity contribution >= 4 is 22.6 Å². The van der Waals surface area contributed by atoms with E-state index >= 15 is 0 Å². The van der Waals surface area contributed by atoms with Crippen LogP contribution < -0.4 is 4.74 Å². The van der Waals surface area contributed by atoms with Gasteiger partial charge in [0.2, 0.25) is 0 Å². The van der Waals surface area contributed by atoms with Gasteiger partial charge >= 0.3 is 5.97 Å². The van der Waals surface area contributed by atoms with Crippen molar-refractivity contribution in [3.63, 3.8) is 0 Å². The first-order valence-electron chi connectivity index (χ1n) is 12.3. The molecule has 0 saturated heterocycles. The number of aromatic nitrogens is 3. The topological polar surface area (TPSA) is 91.3 Å². The molecule has 1 aliphatic heterocycles. The second-order valence-corrected chi connectivity index (χ2v) is 9.68. The lowest BCUT2D eigenvalue weighted by Crippen LogP contribution is -2.41. The Hall–Kier alpha value is -3.26. The highest BCUT2D eigenvalue weighted by atomic mass is 19.1. The van der Waals surface area contributed by atoms with Crippen molar-refractivity contribution in [2.45, 2.75) is 45.1 Å². The number of aliphatic carboxylic acids is 1. The maximum absolute atomic E-state index is 14.0. The largest absolute Gasteiger partial charge is 0.496 e. The molecule has 1 fully saturated rings. The summed E-state index contributed by atoms with van der Waals surface area (Å²) in [6.45, 7) is 3.69. The third-order valence-electron chi connectivity index (χ3n) is 7.78. The predicted molar refractivity (Wildman–Crippen MR) is 133 cm³/mol. The number of fused-ring (bicyclic) bond motifs is 1. The quantitative estimate of drug-likeness (QED) is 0.510. The number of nitrogens with zero attached hydrogens (tertiary/aromatic N) is 3. The Morgan fingerprint density at radius 3 is 2.71 bits per heavy atom. The van der Waals surface area contributed by atoms with Gasteiger partial charge in [-0.3, -0.25) is 9.69 Å². The third-order valence-corrected chi connectivity index (χ3v) is 7.78. The Kier molecular flexibility index (Phi) is 6.56. The molecule has 0 amide bonds. The van der Waals surface area contributed by atoms with E-state index in [0.717, 1.165) is 56.3 Å². The van der Waals surface area contributed by atoms with Gasteiger partial charge in [-0.1, -0.05) is 13.0 Å². The Labute approximate surface area is 204 Å². The summed E-state index contributed by atoms with van der Waals surface area (Å²) in [5.41, 5.74) is 4.20. The molecule has 2 aliphatic rings. The van der Waals surface area contributed by atoms with Crippen LogP contribution in [0.3, 0.4) is 0 Å². The van der Waals surface area contributed by atoms with Crippen molar-refractivity contribution in [3.8, 4) is 17.0 Å². The van der Waals surface area contributed by atoms with E-state index in [2.05, 4.69) is 32.0 Å². The van der Waals surface area contributed by atoms with Crippen molar-refractivity contribution in [1.29, 1.82) is 0 Å². The number of carboxylic acids is 1. The van der Waals surface area contributed by atoms with Crippen molar-refractivity contribution in [2.75, 3.05) is 20.2 Å². The van der Waals surface area contributed by atoms with Crippen molar-refractivity contribution < 1.29 is 19.0 Å². The van der Waals surface area contributed by atoms with E-state index in [1.54, 1.807) is 13.2 Å². The molecule has 1 saturated carbocycles. The van der Waals surface area contributed by atoms with E-state index < -0.39 is 5.97 Å².